The lowest BCUT2D eigenvalue weighted by molar-refractivity contribution is -0.128. The van der Waals surface area contributed by atoms with Gasteiger partial charge >= 0.3 is 0 Å². The number of ether oxygens (including phenoxy) is 1. The fraction of sp³-hybridized carbons (Fsp3) is 0.889. The lowest BCUT2D eigenvalue weighted by Crippen LogP contribution is -2.52. The number of rotatable bonds is 4. The lowest BCUT2D eigenvalue weighted by Gasteiger charge is -2.32. The number of nitrogens with zero attached hydrogens (tertiary/aromatic N) is 1. The summed E-state index contributed by atoms with van der Waals surface area (Å²) in [7, 11) is 3.59. The number of primary amides is 1. The monoisotopic (exact) mass is 186 g/mol. The van der Waals surface area contributed by atoms with E-state index in [0.29, 0.717) is 13.0 Å². The Morgan fingerprint density at radius 2 is 2.38 bits per heavy atom. The van der Waals surface area contributed by atoms with E-state index in [1.807, 2.05) is 11.9 Å². The molecule has 1 atom stereocenters. The highest BCUT2D eigenvalue weighted by Gasteiger charge is 2.43. The number of likely N-dealkylation sites (N-methyl/N-ethyl adjacent to an activating group) is 1. The van der Waals surface area contributed by atoms with E-state index in [0.717, 1.165) is 19.4 Å². The number of carbonyl (C=O) groups is 1. The number of hydrogen-bond donors (Lipinski definition) is 1. The number of likely N-dealkylation sites (tertiary alicyclic amines) is 1. The highest BCUT2D eigenvalue weighted by atomic mass is 16.5. The van der Waals surface area contributed by atoms with Crippen LogP contribution in [-0.2, 0) is 9.53 Å². The molecule has 0 bridgehead atoms. The second-order valence-corrected chi connectivity index (χ2v) is 3.66. The van der Waals surface area contributed by atoms with Crippen LogP contribution < -0.4 is 5.73 Å². The van der Waals surface area contributed by atoms with Gasteiger partial charge in [0.1, 0.15) is 5.54 Å². The summed E-state index contributed by atoms with van der Waals surface area (Å²) < 4.78 is 4.99. The maximum atomic E-state index is 11.4. The first-order valence-electron chi connectivity index (χ1n) is 4.63. The largest absolute Gasteiger partial charge is 0.385 e. The third-order valence-corrected chi connectivity index (χ3v) is 2.99. The number of amides is 1. The summed E-state index contributed by atoms with van der Waals surface area (Å²) >= 11 is 0. The summed E-state index contributed by atoms with van der Waals surface area (Å²) in [6, 6.07) is 0. The molecule has 0 aromatic carbocycles. The molecule has 1 unspecified atom stereocenters. The van der Waals surface area contributed by atoms with Crippen molar-refractivity contribution in [2.45, 2.75) is 24.8 Å². The minimum absolute atomic E-state index is 0.218. The summed E-state index contributed by atoms with van der Waals surface area (Å²) in [5.74, 6) is -0.218. The van der Waals surface area contributed by atoms with E-state index in [2.05, 4.69) is 0 Å². The predicted octanol–water partition coefficient (Wildman–Crippen LogP) is -0.0274. The van der Waals surface area contributed by atoms with Crippen LogP contribution in [0.5, 0.6) is 0 Å². The van der Waals surface area contributed by atoms with Crippen LogP contribution in [0.4, 0.5) is 0 Å². The van der Waals surface area contributed by atoms with Crippen LogP contribution in [0.15, 0.2) is 0 Å². The second kappa shape index (κ2) is 4.07. The molecule has 0 saturated carbocycles. The smallest absolute Gasteiger partial charge is 0.238 e. The molecule has 0 aliphatic carbocycles. The van der Waals surface area contributed by atoms with Gasteiger partial charge in [-0.15, -0.1) is 0 Å². The molecule has 0 radical (unpaired) electrons. The maximum absolute atomic E-state index is 11.4. The van der Waals surface area contributed by atoms with Crippen molar-refractivity contribution in [3.8, 4) is 0 Å². The van der Waals surface area contributed by atoms with Crippen molar-refractivity contribution in [1.29, 1.82) is 0 Å². The van der Waals surface area contributed by atoms with Crippen molar-refractivity contribution in [3.05, 3.63) is 0 Å². The molecular weight excluding hydrogens is 168 g/mol. The molecule has 0 spiro atoms. The number of methoxy groups -OCH3 is 1. The molecule has 2 N–H and O–H groups in total. The van der Waals surface area contributed by atoms with E-state index >= 15 is 0 Å². The first-order chi connectivity index (χ1) is 6.13. The zero-order chi connectivity index (χ0) is 9.90. The molecular formula is C9H18N2O2. The van der Waals surface area contributed by atoms with Crippen LogP contribution in [0.2, 0.25) is 0 Å². The van der Waals surface area contributed by atoms with E-state index in [-0.39, 0.29) is 5.91 Å². The van der Waals surface area contributed by atoms with Gasteiger partial charge < -0.3 is 10.5 Å². The molecule has 0 aromatic rings. The van der Waals surface area contributed by atoms with Gasteiger partial charge in [-0.1, -0.05) is 0 Å². The van der Waals surface area contributed by atoms with E-state index < -0.39 is 5.54 Å². The Balaban J connectivity index is 2.68. The Labute approximate surface area is 79.0 Å². The molecule has 13 heavy (non-hydrogen) atoms. The van der Waals surface area contributed by atoms with Gasteiger partial charge in [0.05, 0.1) is 0 Å². The van der Waals surface area contributed by atoms with Gasteiger partial charge in [-0.2, -0.15) is 0 Å². The van der Waals surface area contributed by atoms with Gasteiger partial charge in [0.2, 0.25) is 5.91 Å². The van der Waals surface area contributed by atoms with Crippen molar-refractivity contribution in [2.75, 3.05) is 27.3 Å². The van der Waals surface area contributed by atoms with Crippen molar-refractivity contribution in [2.24, 2.45) is 5.73 Å². The summed E-state index contributed by atoms with van der Waals surface area (Å²) in [4.78, 5) is 13.4. The molecule has 4 nitrogen and oxygen atoms in total. The summed E-state index contributed by atoms with van der Waals surface area (Å²) in [5, 5.41) is 0. The first kappa shape index (κ1) is 10.5. The fourth-order valence-electron chi connectivity index (χ4n) is 2.03. The minimum atomic E-state index is -0.448. The van der Waals surface area contributed by atoms with Crippen molar-refractivity contribution in [1.82, 2.24) is 4.90 Å². The zero-order valence-corrected chi connectivity index (χ0v) is 8.38. The zero-order valence-electron chi connectivity index (χ0n) is 8.38. The van der Waals surface area contributed by atoms with Crippen LogP contribution in [0, 0.1) is 0 Å². The molecule has 1 saturated heterocycles. The SMILES string of the molecule is COCCC1(C(N)=O)CCCN1C. The average Bonchev–Trinajstić information content (AvgIpc) is 2.45. The highest BCUT2D eigenvalue weighted by Crippen LogP contribution is 2.30. The van der Waals surface area contributed by atoms with Gasteiger partial charge in [-0.25, -0.2) is 0 Å². The van der Waals surface area contributed by atoms with Gasteiger partial charge in [0.15, 0.2) is 0 Å². The van der Waals surface area contributed by atoms with E-state index in [1.165, 1.54) is 0 Å². The van der Waals surface area contributed by atoms with Crippen LogP contribution in [0.3, 0.4) is 0 Å². The van der Waals surface area contributed by atoms with Crippen LogP contribution in [0.1, 0.15) is 19.3 Å². The van der Waals surface area contributed by atoms with Crippen LogP contribution in [-0.4, -0.2) is 43.7 Å². The van der Waals surface area contributed by atoms with Crippen LogP contribution in [0.25, 0.3) is 0 Å². The summed E-state index contributed by atoms with van der Waals surface area (Å²) in [5.41, 5.74) is 4.98. The topological polar surface area (TPSA) is 55.6 Å². The van der Waals surface area contributed by atoms with Crippen molar-refractivity contribution >= 4 is 5.91 Å². The highest BCUT2D eigenvalue weighted by molar-refractivity contribution is 5.85. The second-order valence-electron chi connectivity index (χ2n) is 3.66. The van der Waals surface area contributed by atoms with E-state index in [1.54, 1.807) is 7.11 Å². The van der Waals surface area contributed by atoms with Crippen molar-refractivity contribution < 1.29 is 9.53 Å². The molecule has 4 heteroatoms. The third-order valence-electron chi connectivity index (χ3n) is 2.99. The number of carbonyl (C=O) groups excluding carboxylic acids is 1. The number of nitrogens with two attached hydrogens (primary N) is 1. The minimum Gasteiger partial charge on any atom is -0.385 e. The number of hydrogen-bond acceptors (Lipinski definition) is 3. The lowest BCUT2D eigenvalue weighted by atomic mass is 9.92. The maximum Gasteiger partial charge on any atom is 0.238 e. The molecule has 0 aromatic heterocycles. The van der Waals surface area contributed by atoms with E-state index in [9.17, 15) is 4.79 Å². The Kier molecular flexibility index (Phi) is 3.27. The molecule has 1 aliphatic rings. The van der Waals surface area contributed by atoms with Gasteiger partial charge in [0, 0.05) is 13.7 Å². The Bertz CT molecular complexity index is 196. The van der Waals surface area contributed by atoms with Gasteiger partial charge in [-0.05, 0) is 32.9 Å². The predicted molar refractivity (Wildman–Crippen MR) is 50.3 cm³/mol. The average molecular weight is 186 g/mol. The standard InChI is InChI=1S/C9H18N2O2/c1-11-6-3-4-9(11,8(10)12)5-7-13-2/h3-7H2,1-2H3,(H2,10,12). The van der Waals surface area contributed by atoms with Crippen LogP contribution >= 0.6 is 0 Å². The van der Waals surface area contributed by atoms with Crippen molar-refractivity contribution in [3.63, 3.8) is 0 Å². The third kappa shape index (κ3) is 1.84. The Morgan fingerprint density at radius 3 is 2.77 bits per heavy atom. The normalized spacial score (nSPS) is 29.4. The Morgan fingerprint density at radius 1 is 1.69 bits per heavy atom. The quantitative estimate of drug-likeness (QED) is 0.671. The molecule has 76 valence electrons. The fourth-order valence-corrected chi connectivity index (χ4v) is 2.03. The van der Waals surface area contributed by atoms with E-state index in [4.69, 9.17) is 10.5 Å². The molecule has 1 heterocycles. The first-order valence-corrected chi connectivity index (χ1v) is 4.63. The van der Waals surface area contributed by atoms with Gasteiger partial charge in [0.25, 0.3) is 0 Å². The van der Waals surface area contributed by atoms with Gasteiger partial charge in [-0.3, -0.25) is 9.69 Å². The molecule has 1 rings (SSSR count). The Hall–Kier alpha value is -0.610. The molecule has 1 amide bonds. The molecule has 1 aliphatic heterocycles. The summed E-state index contributed by atoms with van der Waals surface area (Å²) in [6.07, 6.45) is 2.61. The summed E-state index contributed by atoms with van der Waals surface area (Å²) in [6.45, 7) is 1.54. The molecule has 1 fully saturated rings.